The van der Waals surface area contributed by atoms with Crippen LogP contribution in [0.4, 0.5) is 11.5 Å². The fourth-order valence-electron chi connectivity index (χ4n) is 3.34. The number of rotatable bonds is 8. The van der Waals surface area contributed by atoms with Crippen molar-refractivity contribution in [1.82, 2.24) is 20.0 Å². The number of hydrogen-bond acceptors (Lipinski definition) is 9. The summed E-state index contributed by atoms with van der Waals surface area (Å²) in [6.07, 6.45) is 0. The van der Waals surface area contributed by atoms with Gasteiger partial charge in [-0.25, -0.2) is 9.67 Å². The fourth-order valence-corrected chi connectivity index (χ4v) is 3.34. The van der Waals surface area contributed by atoms with E-state index in [9.17, 15) is 4.79 Å². The van der Waals surface area contributed by atoms with Crippen molar-refractivity contribution < 1.29 is 23.4 Å². The molecular weight excluding hydrogens is 440 g/mol. The zero-order valence-corrected chi connectivity index (χ0v) is 19.2. The van der Waals surface area contributed by atoms with Crippen LogP contribution in [0.3, 0.4) is 0 Å². The maximum atomic E-state index is 12.7. The van der Waals surface area contributed by atoms with Gasteiger partial charge < -0.3 is 29.7 Å². The van der Waals surface area contributed by atoms with Crippen molar-refractivity contribution in [2.24, 2.45) is 0 Å². The number of amides is 1. The van der Waals surface area contributed by atoms with Crippen LogP contribution in [-0.2, 0) is 6.54 Å². The first-order valence-corrected chi connectivity index (χ1v) is 10.3. The van der Waals surface area contributed by atoms with Crippen LogP contribution < -0.4 is 25.3 Å². The summed E-state index contributed by atoms with van der Waals surface area (Å²) in [7, 11) is 4.65. The normalized spacial score (nSPS) is 10.7. The lowest BCUT2D eigenvalue weighted by Gasteiger charge is -2.08. The number of nitrogens with two attached hydrogens (primary N) is 1. The van der Waals surface area contributed by atoms with Gasteiger partial charge >= 0.3 is 0 Å². The van der Waals surface area contributed by atoms with Crippen molar-refractivity contribution in [3.63, 3.8) is 0 Å². The summed E-state index contributed by atoms with van der Waals surface area (Å²) >= 11 is 0. The molecule has 11 nitrogen and oxygen atoms in total. The van der Waals surface area contributed by atoms with Crippen molar-refractivity contribution in [2.45, 2.75) is 13.5 Å². The molecule has 2 aromatic carbocycles. The second-order valence-electron chi connectivity index (χ2n) is 7.23. The first-order chi connectivity index (χ1) is 16.4. The molecular formula is C23H24N6O5. The van der Waals surface area contributed by atoms with Gasteiger partial charge in [0.2, 0.25) is 5.89 Å². The van der Waals surface area contributed by atoms with Crippen LogP contribution in [0.5, 0.6) is 17.2 Å². The third-order valence-corrected chi connectivity index (χ3v) is 5.17. The Bertz CT molecular complexity index is 1330. The molecule has 0 radical (unpaired) electrons. The van der Waals surface area contributed by atoms with E-state index >= 15 is 0 Å². The molecule has 34 heavy (non-hydrogen) atoms. The third kappa shape index (κ3) is 4.35. The quantitative estimate of drug-likeness (QED) is 0.402. The highest BCUT2D eigenvalue weighted by Crippen LogP contribution is 2.33. The number of aromatic nitrogens is 4. The van der Waals surface area contributed by atoms with Crippen molar-refractivity contribution in [3.05, 3.63) is 59.6 Å². The number of benzene rings is 2. The molecule has 0 aliphatic rings. The zero-order valence-electron chi connectivity index (χ0n) is 19.2. The van der Waals surface area contributed by atoms with Crippen LogP contribution in [0.2, 0.25) is 0 Å². The van der Waals surface area contributed by atoms with Gasteiger partial charge in [0.05, 0.1) is 33.6 Å². The molecule has 2 heterocycles. The maximum Gasteiger partial charge on any atom is 0.280 e. The van der Waals surface area contributed by atoms with Crippen LogP contribution in [0.15, 0.2) is 46.9 Å². The average Bonchev–Trinajstić information content (AvgIpc) is 3.41. The molecule has 11 heteroatoms. The van der Waals surface area contributed by atoms with E-state index in [-0.39, 0.29) is 18.1 Å². The van der Waals surface area contributed by atoms with Gasteiger partial charge in [0.1, 0.15) is 17.2 Å². The minimum Gasteiger partial charge on any atom is -0.495 e. The Kier molecular flexibility index (Phi) is 6.35. The molecule has 0 aliphatic carbocycles. The van der Waals surface area contributed by atoms with E-state index in [1.807, 2.05) is 6.07 Å². The Balaban J connectivity index is 1.54. The first kappa shape index (κ1) is 22.6. The van der Waals surface area contributed by atoms with E-state index in [1.54, 1.807) is 57.5 Å². The lowest BCUT2D eigenvalue weighted by molar-refractivity contribution is 0.102. The number of para-hydroxylation sites is 2. The van der Waals surface area contributed by atoms with Gasteiger partial charge in [0.25, 0.3) is 5.91 Å². The number of aryl methyl sites for hydroxylation is 1. The number of carbonyl (C=O) groups is 1. The zero-order chi connectivity index (χ0) is 24.2. The van der Waals surface area contributed by atoms with Crippen molar-refractivity contribution in [2.75, 3.05) is 32.4 Å². The number of nitrogen functional groups attached to an aromatic ring is 1. The molecule has 1 amide bonds. The predicted octanol–water partition coefficient (Wildman–Crippen LogP) is 3.15. The first-order valence-electron chi connectivity index (χ1n) is 10.3. The highest BCUT2D eigenvalue weighted by molar-refractivity contribution is 6.06. The summed E-state index contributed by atoms with van der Waals surface area (Å²) in [5, 5.41) is 10.7. The van der Waals surface area contributed by atoms with Gasteiger partial charge in [-0.1, -0.05) is 17.3 Å². The van der Waals surface area contributed by atoms with Crippen molar-refractivity contribution in [3.8, 4) is 28.7 Å². The van der Waals surface area contributed by atoms with Gasteiger partial charge in [-0.05, 0) is 37.3 Å². The molecule has 2 aromatic heterocycles. The predicted molar refractivity (Wildman–Crippen MR) is 124 cm³/mol. The highest BCUT2D eigenvalue weighted by atomic mass is 16.5. The topological polar surface area (TPSA) is 140 Å². The summed E-state index contributed by atoms with van der Waals surface area (Å²) in [5.41, 5.74) is 7.97. The lowest BCUT2D eigenvalue weighted by Crippen LogP contribution is -2.16. The van der Waals surface area contributed by atoms with Crippen LogP contribution in [0, 0.1) is 6.92 Å². The van der Waals surface area contributed by atoms with Crippen LogP contribution in [-0.4, -0.2) is 47.2 Å². The number of carbonyl (C=O) groups excluding carboxylic acids is 1. The smallest absolute Gasteiger partial charge is 0.280 e. The van der Waals surface area contributed by atoms with Crippen LogP contribution in [0.1, 0.15) is 21.9 Å². The Morgan fingerprint density at radius 1 is 1.06 bits per heavy atom. The van der Waals surface area contributed by atoms with Gasteiger partial charge in [-0.2, -0.15) is 0 Å². The van der Waals surface area contributed by atoms with Gasteiger partial charge in [-0.15, -0.1) is 5.10 Å². The molecule has 0 atom stereocenters. The SMILES string of the molecule is COc1ccccc1NC(=O)c1nnn(Cc2nc(-c3ccc(OC)c(OC)c3)oc2C)c1N. The number of ether oxygens (including phenoxy) is 3. The Hall–Kier alpha value is -4.54. The van der Waals surface area contributed by atoms with Crippen LogP contribution in [0.25, 0.3) is 11.5 Å². The molecule has 0 saturated carbocycles. The maximum absolute atomic E-state index is 12.7. The number of nitrogens with zero attached hydrogens (tertiary/aromatic N) is 4. The summed E-state index contributed by atoms with van der Waals surface area (Å²) in [4.78, 5) is 17.3. The highest BCUT2D eigenvalue weighted by Gasteiger charge is 2.21. The molecule has 3 N–H and O–H groups in total. The van der Waals surface area contributed by atoms with Crippen LogP contribution >= 0.6 is 0 Å². The molecule has 176 valence electrons. The summed E-state index contributed by atoms with van der Waals surface area (Å²) in [6, 6.07) is 12.4. The Morgan fingerprint density at radius 3 is 2.53 bits per heavy atom. The summed E-state index contributed by atoms with van der Waals surface area (Å²) in [6.45, 7) is 1.96. The van der Waals surface area contributed by atoms with Gasteiger partial charge in [0, 0.05) is 5.56 Å². The number of methoxy groups -OCH3 is 3. The van der Waals surface area contributed by atoms with Gasteiger partial charge in [-0.3, -0.25) is 4.79 Å². The van der Waals surface area contributed by atoms with Gasteiger partial charge in [0.15, 0.2) is 23.0 Å². The third-order valence-electron chi connectivity index (χ3n) is 5.17. The second kappa shape index (κ2) is 9.53. The minimum absolute atomic E-state index is 0.00725. The van der Waals surface area contributed by atoms with Crippen molar-refractivity contribution >= 4 is 17.4 Å². The van der Waals surface area contributed by atoms with E-state index in [1.165, 1.54) is 11.8 Å². The monoisotopic (exact) mass is 464 g/mol. The molecule has 0 bridgehead atoms. The van der Waals surface area contributed by atoms with E-state index < -0.39 is 5.91 Å². The molecule has 0 unspecified atom stereocenters. The number of nitrogens with one attached hydrogen (secondary N) is 1. The molecule has 0 fully saturated rings. The Morgan fingerprint density at radius 2 is 1.79 bits per heavy atom. The number of anilines is 2. The molecule has 4 aromatic rings. The molecule has 0 spiro atoms. The average molecular weight is 464 g/mol. The fraction of sp³-hybridized carbons (Fsp3) is 0.217. The Labute approximate surface area is 195 Å². The molecule has 0 saturated heterocycles. The van der Waals surface area contributed by atoms with E-state index in [4.69, 9.17) is 24.4 Å². The van der Waals surface area contributed by atoms with E-state index in [0.717, 1.165) is 5.56 Å². The van der Waals surface area contributed by atoms with E-state index in [0.29, 0.717) is 40.3 Å². The number of oxazole rings is 1. The molecule has 0 aliphatic heterocycles. The molecule has 4 rings (SSSR count). The van der Waals surface area contributed by atoms with Crippen molar-refractivity contribution in [1.29, 1.82) is 0 Å². The number of hydrogen-bond donors (Lipinski definition) is 2. The minimum atomic E-state index is -0.504. The lowest BCUT2D eigenvalue weighted by atomic mass is 10.2. The summed E-state index contributed by atoms with van der Waals surface area (Å²) < 4.78 is 23.1. The second-order valence-corrected chi connectivity index (χ2v) is 7.23. The standard InChI is InChI=1S/C23H24N6O5/c1-13-16(26-23(34-13)14-9-10-18(32-3)19(11-14)33-4)12-29-21(24)20(27-28-29)22(30)25-15-7-5-6-8-17(15)31-2/h5-11H,12,24H2,1-4H3,(H,25,30). The van der Waals surface area contributed by atoms with E-state index in [2.05, 4.69) is 20.6 Å². The summed E-state index contributed by atoms with van der Waals surface area (Å²) in [5.74, 6) is 2.26. The largest absolute Gasteiger partial charge is 0.495 e.